The molecule has 8 heteroatoms. The maximum atomic E-state index is 13.3. The van der Waals surface area contributed by atoms with E-state index in [0.717, 1.165) is 30.8 Å². The van der Waals surface area contributed by atoms with Gasteiger partial charge in [0.15, 0.2) is 6.10 Å². The van der Waals surface area contributed by atoms with Crippen molar-refractivity contribution in [3.8, 4) is 5.75 Å². The number of carbonyl (C=O) groups excluding carboxylic acids is 1. The molecule has 5 nitrogen and oxygen atoms in total. The number of carbonyl (C=O) groups is 1. The van der Waals surface area contributed by atoms with Crippen molar-refractivity contribution < 1.29 is 22.7 Å². The lowest BCUT2D eigenvalue weighted by atomic mass is 10.1. The van der Waals surface area contributed by atoms with Gasteiger partial charge in [-0.2, -0.15) is 13.2 Å². The molecule has 1 aliphatic heterocycles. The Morgan fingerprint density at radius 1 is 1.07 bits per heavy atom. The summed E-state index contributed by atoms with van der Waals surface area (Å²) < 4.78 is 45.4. The molecule has 1 amide bonds. The second-order valence-corrected chi connectivity index (χ2v) is 7.58. The number of piperazine rings is 1. The van der Waals surface area contributed by atoms with Crippen LogP contribution >= 0.6 is 0 Å². The molecule has 2 aromatic carbocycles. The Morgan fingerprint density at radius 3 is 2.30 bits per heavy atom. The highest BCUT2D eigenvalue weighted by Crippen LogP contribution is 2.36. The summed E-state index contributed by atoms with van der Waals surface area (Å²) >= 11 is 0. The first-order valence-electron chi connectivity index (χ1n) is 9.82. The lowest BCUT2D eigenvalue weighted by molar-refractivity contribution is -0.137. The molecule has 0 aromatic heterocycles. The molecule has 1 heterocycles. The molecule has 2 aromatic rings. The molecule has 0 spiro atoms. The van der Waals surface area contributed by atoms with E-state index in [4.69, 9.17) is 4.74 Å². The number of ether oxygens (including phenoxy) is 1. The van der Waals surface area contributed by atoms with Gasteiger partial charge in [0.05, 0.1) is 16.9 Å². The first-order chi connectivity index (χ1) is 14.1. The van der Waals surface area contributed by atoms with Crippen LogP contribution in [0.2, 0.25) is 0 Å². The zero-order valence-corrected chi connectivity index (χ0v) is 17.3. The van der Waals surface area contributed by atoms with Crippen molar-refractivity contribution >= 4 is 17.3 Å². The standard InChI is InChI=1S/C22H26F3N3O2/c1-15-4-7-18(8-5-15)30-16(2)21(29)26-19-14-17(22(23,24)25)6-9-20(19)28-12-10-27(3)11-13-28/h4-9,14,16H,10-13H2,1-3H3,(H,26,29). The Balaban J connectivity index is 1.80. The van der Waals surface area contributed by atoms with E-state index in [2.05, 4.69) is 10.2 Å². The second kappa shape index (κ2) is 8.95. The predicted octanol–water partition coefficient (Wildman–Crippen LogP) is 4.17. The summed E-state index contributed by atoms with van der Waals surface area (Å²) in [6, 6.07) is 10.7. The van der Waals surface area contributed by atoms with Crippen LogP contribution in [0.1, 0.15) is 18.1 Å². The SMILES string of the molecule is Cc1ccc(OC(C)C(=O)Nc2cc(C(F)(F)F)ccc2N2CCN(C)CC2)cc1. The van der Waals surface area contributed by atoms with Crippen molar-refractivity contribution in [2.75, 3.05) is 43.4 Å². The number of halogens is 3. The summed E-state index contributed by atoms with van der Waals surface area (Å²) in [5.74, 6) is 0.0110. The zero-order valence-electron chi connectivity index (χ0n) is 17.3. The molecule has 1 fully saturated rings. The third-order valence-electron chi connectivity index (χ3n) is 5.13. The van der Waals surface area contributed by atoms with Gasteiger partial charge in [0.2, 0.25) is 0 Å². The van der Waals surface area contributed by atoms with Gasteiger partial charge in [0, 0.05) is 26.2 Å². The summed E-state index contributed by atoms with van der Waals surface area (Å²) in [4.78, 5) is 16.8. The number of alkyl halides is 3. The van der Waals surface area contributed by atoms with Crippen LogP contribution in [0.15, 0.2) is 42.5 Å². The summed E-state index contributed by atoms with van der Waals surface area (Å²) in [7, 11) is 2.00. The van der Waals surface area contributed by atoms with Crippen LogP contribution in [0, 0.1) is 6.92 Å². The monoisotopic (exact) mass is 421 g/mol. The first kappa shape index (κ1) is 22.0. The van der Waals surface area contributed by atoms with Gasteiger partial charge in [0.1, 0.15) is 5.75 Å². The maximum Gasteiger partial charge on any atom is 0.416 e. The third kappa shape index (κ3) is 5.44. The highest BCUT2D eigenvalue weighted by Gasteiger charge is 2.32. The van der Waals surface area contributed by atoms with Crippen molar-refractivity contribution in [3.05, 3.63) is 53.6 Å². The van der Waals surface area contributed by atoms with Gasteiger partial charge >= 0.3 is 6.18 Å². The van der Waals surface area contributed by atoms with E-state index in [1.54, 1.807) is 19.1 Å². The topological polar surface area (TPSA) is 44.8 Å². The fourth-order valence-electron chi connectivity index (χ4n) is 3.24. The van der Waals surface area contributed by atoms with Gasteiger partial charge in [-0.3, -0.25) is 4.79 Å². The molecule has 0 saturated carbocycles. The van der Waals surface area contributed by atoms with Crippen LogP contribution in [0.25, 0.3) is 0 Å². The average Bonchev–Trinajstić information content (AvgIpc) is 2.69. The predicted molar refractivity (Wildman–Crippen MR) is 111 cm³/mol. The maximum absolute atomic E-state index is 13.3. The third-order valence-corrected chi connectivity index (χ3v) is 5.13. The van der Waals surface area contributed by atoms with Gasteiger partial charge in [-0.1, -0.05) is 17.7 Å². The fourth-order valence-corrected chi connectivity index (χ4v) is 3.24. The number of nitrogens with one attached hydrogen (secondary N) is 1. The van der Waals surface area contributed by atoms with E-state index in [9.17, 15) is 18.0 Å². The quantitative estimate of drug-likeness (QED) is 0.787. The number of aryl methyl sites for hydroxylation is 1. The molecule has 162 valence electrons. The number of hydrogen-bond donors (Lipinski definition) is 1. The van der Waals surface area contributed by atoms with Gasteiger partial charge in [-0.05, 0) is 51.2 Å². The summed E-state index contributed by atoms with van der Waals surface area (Å²) in [5, 5.41) is 2.64. The summed E-state index contributed by atoms with van der Waals surface area (Å²) in [5.41, 5.74) is 0.966. The Kier molecular flexibility index (Phi) is 6.55. The smallest absolute Gasteiger partial charge is 0.416 e. The Hall–Kier alpha value is -2.74. The minimum atomic E-state index is -4.50. The van der Waals surface area contributed by atoms with Crippen LogP contribution < -0.4 is 15.0 Å². The van der Waals surface area contributed by atoms with Gasteiger partial charge in [-0.15, -0.1) is 0 Å². The van der Waals surface area contributed by atoms with E-state index in [1.165, 1.54) is 6.07 Å². The van der Waals surface area contributed by atoms with E-state index < -0.39 is 23.8 Å². The number of rotatable bonds is 5. The number of nitrogens with zero attached hydrogens (tertiary/aromatic N) is 2. The Labute approximate surface area is 174 Å². The van der Waals surface area contributed by atoms with Crippen molar-refractivity contribution in [1.29, 1.82) is 0 Å². The Bertz CT molecular complexity index is 876. The summed E-state index contributed by atoms with van der Waals surface area (Å²) in [6.07, 6.45) is -5.37. The molecule has 1 aliphatic rings. The lowest BCUT2D eigenvalue weighted by Gasteiger charge is -2.35. The lowest BCUT2D eigenvalue weighted by Crippen LogP contribution is -2.45. The highest BCUT2D eigenvalue weighted by molar-refractivity contribution is 5.97. The largest absolute Gasteiger partial charge is 0.481 e. The highest BCUT2D eigenvalue weighted by atomic mass is 19.4. The second-order valence-electron chi connectivity index (χ2n) is 7.58. The summed E-state index contributed by atoms with van der Waals surface area (Å²) in [6.45, 7) is 6.43. The van der Waals surface area contributed by atoms with Crippen molar-refractivity contribution in [2.45, 2.75) is 26.1 Å². The fraction of sp³-hybridized carbons (Fsp3) is 0.409. The van der Waals surface area contributed by atoms with Crippen molar-refractivity contribution in [1.82, 2.24) is 4.90 Å². The molecule has 1 unspecified atom stereocenters. The minimum absolute atomic E-state index is 0.138. The van der Waals surface area contributed by atoms with E-state index in [1.807, 2.05) is 31.0 Å². The molecular weight excluding hydrogens is 395 g/mol. The van der Waals surface area contributed by atoms with Gasteiger partial charge in [-0.25, -0.2) is 0 Å². The number of benzene rings is 2. The van der Waals surface area contributed by atoms with E-state index >= 15 is 0 Å². The molecule has 0 aliphatic carbocycles. The van der Waals surface area contributed by atoms with Crippen LogP contribution in [0.3, 0.4) is 0 Å². The molecule has 0 bridgehead atoms. The van der Waals surface area contributed by atoms with Crippen LogP contribution in [0.5, 0.6) is 5.75 Å². The molecule has 3 rings (SSSR count). The first-order valence-corrected chi connectivity index (χ1v) is 9.82. The molecule has 1 N–H and O–H groups in total. The van der Waals surface area contributed by atoms with Crippen molar-refractivity contribution in [3.63, 3.8) is 0 Å². The number of amides is 1. The molecule has 30 heavy (non-hydrogen) atoms. The van der Waals surface area contributed by atoms with Gasteiger partial charge < -0.3 is 19.9 Å². The number of anilines is 2. The molecule has 1 atom stereocenters. The minimum Gasteiger partial charge on any atom is -0.481 e. The zero-order chi connectivity index (χ0) is 21.9. The van der Waals surface area contributed by atoms with E-state index in [-0.39, 0.29) is 5.69 Å². The normalized spacial score (nSPS) is 16.3. The number of hydrogen-bond acceptors (Lipinski definition) is 4. The van der Waals surface area contributed by atoms with Crippen LogP contribution in [0.4, 0.5) is 24.5 Å². The molecular formula is C22H26F3N3O2. The van der Waals surface area contributed by atoms with Gasteiger partial charge in [0.25, 0.3) is 5.91 Å². The van der Waals surface area contributed by atoms with Crippen LogP contribution in [-0.2, 0) is 11.0 Å². The average molecular weight is 421 g/mol. The van der Waals surface area contributed by atoms with Crippen molar-refractivity contribution in [2.24, 2.45) is 0 Å². The molecule has 1 saturated heterocycles. The van der Waals surface area contributed by atoms with E-state index in [0.29, 0.717) is 24.5 Å². The van der Waals surface area contributed by atoms with Crippen LogP contribution in [-0.4, -0.2) is 50.1 Å². The Morgan fingerprint density at radius 2 is 1.70 bits per heavy atom. The molecule has 0 radical (unpaired) electrons. The number of likely N-dealkylation sites (N-methyl/N-ethyl adjacent to an activating group) is 1.